The first-order chi connectivity index (χ1) is 68.2. The predicted octanol–water partition coefficient (Wildman–Crippen LogP) is 22.0. The highest BCUT2D eigenvalue weighted by atomic mass is 19.4. The maximum Gasteiger partial charge on any atom is 0.417 e. The number of likely N-dealkylation sites (tertiary alicyclic amines) is 3. The minimum Gasteiger partial charge on any atom is -0.481 e. The van der Waals surface area contributed by atoms with Crippen molar-refractivity contribution in [3.63, 3.8) is 0 Å². The van der Waals surface area contributed by atoms with E-state index in [1.165, 1.54) is 57.9 Å². The van der Waals surface area contributed by atoms with Crippen molar-refractivity contribution in [2.24, 2.45) is 17.8 Å². The van der Waals surface area contributed by atoms with Crippen molar-refractivity contribution in [1.29, 1.82) is 0 Å². The molecule has 15 rings (SSSR count). The SMILES string of the molecule is COC(=O)c1ccc(N)cc1C(F)(F)F.[2H]C([2H])([2H])c1cccc(F)c1C(=O)N1CCC[C@H](C(=O)Nc2ccc(C(=O)OC)c(C(F)(F)F)c2)[C@@H]1c1ccc(NC2CCCC2)cc1.[2H]C([2H])([2H])c1cccc(F)c1C(=O)N1CCC[C@H](C(=O)Nc2ccc(C([2H])([2H])O)c(C(F)(F)F)c2)[C@@H]1c1ccc(NC2CCCC2)cc1.[2H]C([2H])([2H])c1cccc(F)c1C(=O)N1CCC[C@H](C(=O)O)[C@@H]1c1ccc(NC2CCCC2)cc1. The molecule has 3 aliphatic heterocycles. The number of aryl methyl sites for hydroxylation is 3. The highest BCUT2D eigenvalue weighted by Gasteiger charge is 2.46. The van der Waals surface area contributed by atoms with Crippen LogP contribution in [0.1, 0.15) is 256 Å². The number of carbonyl (C=O) groups excluding carboxylic acids is 7. The minimum atomic E-state index is -5.06. The van der Waals surface area contributed by atoms with Crippen molar-refractivity contribution >= 4 is 81.6 Å². The third kappa shape index (κ3) is 24.3. The number of nitrogens with one attached hydrogen (secondary N) is 5. The van der Waals surface area contributed by atoms with Crippen LogP contribution in [0.4, 0.5) is 86.8 Å². The standard InChI is InChI=1S/C34H35F4N3O4.C33H35F4N3O3.C25H29FN2O3.C9H8F3NO2/c1-20-7-5-11-28(35)29(20)32(43)41-18-6-10-26(30(41)21-12-14-23(15-13-21)39-22-8-3-4-9-22)31(42)40-24-16-17-25(33(44)45-2)27(19-24)34(36,37)38;1-20-6-4-10-28(34)29(20)32(43)40-17-5-9-26(30(40)21-11-14-24(15-12-21)38-23-7-2-3-8-23)31(42)39-25-16-13-22(19-41)27(18-25)33(35,36)37;1-16-6-4-10-21(26)22(16)24(29)28-15-5-9-20(25(30)31)23(28)17-11-13-19(14-12-17)27-18-7-2-3-8-18;1-15-8(14)6-3-2-5(13)4-7(6)9(10,11)12/h5,7,11-17,19,22,26,30,39H,3-4,6,8-10,18H2,1-2H3,(H,40,42);4,6,10-16,18,23,26,30,38,41H,2-3,5,7-9,17,19H2,1H3,(H,39,42);4,6,10-14,18,20,23,27H,2-3,5,7-9,15H2,1H3,(H,30,31);2-4H,13H2,1H3/t2*26-,30-;20-,23-;/m000./s1/i1D3;1D3,19D2;1D3;. The zero-order valence-electron chi connectivity index (χ0n) is 83.8. The lowest BCUT2D eigenvalue weighted by Crippen LogP contribution is -2.46. The molecule has 3 heterocycles. The number of nitrogen functional groups attached to an aromatic ring is 1. The number of halogens is 12. The number of aliphatic hydroxyl groups is 1. The molecular formula is C101H107F12N9O12. The molecule has 9 N–H and O–H groups in total. The fourth-order valence-corrected chi connectivity index (χ4v) is 18.3. The highest BCUT2D eigenvalue weighted by Crippen LogP contribution is 2.46. The molecular weight excluding hydrogens is 1760 g/mol. The van der Waals surface area contributed by atoms with E-state index in [-0.39, 0.29) is 67.9 Å². The van der Waals surface area contributed by atoms with Crippen LogP contribution in [0.15, 0.2) is 182 Å². The van der Waals surface area contributed by atoms with Gasteiger partial charge in [0.25, 0.3) is 17.7 Å². The van der Waals surface area contributed by atoms with Crippen LogP contribution in [0.3, 0.4) is 0 Å². The summed E-state index contributed by atoms with van der Waals surface area (Å²) in [5.41, 5.74) is -0.523. The van der Waals surface area contributed by atoms with Crippen LogP contribution in [0.25, 0.3) is 0 Å². The number of aliphatic carboxylic acids is 1. The molecule has 0 bridgehead atoms. The van der Waals surface area contributed by atoms with Crippen LogP contribution >= 0.6 is 0 Å². The molecule has 0 aromatic heterocycles. The van der Waals surface area contributed by atoms with Crippen LogP contribution in [0.5, 0.6) is 0 Å². The number of methoxy groups -OCH3 is 2. The quantitative estimate of drug-likeness (QED) is 0.0200. The van der Waals surface area contributed by atoms with Gasteiger partial charge in [-0.3, -0.25) is 28.8 Å². The number of carboxylic acids is 1. The Morgan fingerprint density at radius 2 is 0.709 bits per heavy atom. The number of anilines is 6. The Balaban J connectivity index is 0.000000183. The Bertz CT molecular complexity index is 6160. The summed E-state index contributed by atoms with van der Waals surface area (Å²) < 4.78 is 260. The van der Waals surface area contributed by atoms with Gasteiger partial charge in [0, 0.05) is 84.2 Å². The first-order valence-corrected chi connectivity index (χ1v) is 43.7. The molecule has 33 heteroatoms. The van der Waals surface area contributed by atoms with Crippen molar-refractivity contribution in [2.45, 2.75) is 197 Å². The van der Waals surface area contributed by atoms with E-state index >= 15 is 8.78 Å². The number of esters is 2. The Morgan fingerprint density at radius 3 is 1.03 bits per heavy atom. The van der Waals surface area contributed by atoms with Gasteiger partial charge in [-0.05, 0) is 240 Å². The molecule has 9 aromatic rings. The van der Waals surface area contributed by atoms with Crippen molar-refractivity contribution in [2.75, 3.05) is 66.2 Å². The number of hydrogen-bond acceptors (Lipinski definition) is 15. The number of nitrogens with zero attached hydrogens (tertiary/aromatic N) is 3. The maximum absolute atomic E-state index is 15.2. The second kappa shape index (κ2) is 44.3. The summed E-state index contributed by atoms with van der Waals surface area (Å²) >= 11 is 0. The number of benzene rings is 9. The van der Waals surface area contributed by atoms with Gasteiger partial charge in [0.05, 0.1) is 104 Å². The molecule has 3 saturated heterocycles. The van der Waals surface area contributed by atoms with E-state index in [0.29, 0.717) is 65.9 Å². The molecule has 134 heavy (non-hydrogen) atoms. The van der Waals surface area contributed by atoms with Gasteiger partial charge in [-0.25, -0.2) is 22.8 Å². The number of amides is 5. The van der Waals surface area contributed by atoms with Crippen LogP contribution in [-0.2, 0) is 48.9 Å². The Morgan fingerprint density at radius 1 is 0.403 bits per heavy atom. The number of alkyl halides is 9. The second-order valence-electron chi connectivity index (χ2n) is 33.5. The van der Waals surface area contributed by atoms with Gasteiger partial charge in [-0.1, -0.05) is 117 Å². The number of piperidine rings is 3. The van der Waals surface area contributed by atoms with Crippen molar-refractivity contribution < 1.29 is 126 Å². The summed E-state index contributed by atoms with van der Waals surface area (Å²) in [7, 11) is 1.97. The van der Waals surface area contributed by atoms with Gasteiger partial charge < -0.3 is 66.7 Å². The molecule has 712 valence electrons. The van der Waals surface area contributed by atoms with Crippen LogP contribution < -0.4 is 32.3 Å². The number of ether oxygens (including phenoxy) is 2. The molecule has 0 spiro atoms. The lowest BCUT2D eigenvalue weighted by Gasteiger charge is -2.41. The molecule has 3 aliphatic carbocycles. The molecule has 6 atom stereocenters. The number of hydrogen-bond donors (Lipinski definition) is 8. The summed E-state index contributed by atoms with van der Waals surface area (Å²) in [6.45, 7) is -11.3. The van der Waals surface area contributed by atoms with E-state index in [9.17, 15) is 92.5 Å². The van der Waals surface area contributed by atoms with Crippen molar-refractivity contribution in [3.8, 4) is 0 Å². The fourth-order valence-electron chi connectivity index (χ4n) is 18.3. The number of nitrogens with two attached hydrogens (primary N) is 1. The van der Waals surface area contributed by atoms with E-state index in [1.807, 2.05) is 12.1 Å². The van der Waals surface area contributed by atoms with E-state index in [2.05, 4.69) is 36.1 Å². The van der Waals surface area contributed by atoms with Crippen molar-refractivity contribution in [1.82, 2.24) is 14.7 Å². The maximum atomic E-state index is 15.2. The summed E-state index contributed by atoms with van der Waals surface area (Å²) in [5.74, 6) is -13.4. The third-order valence-corrected chi connectivity index (χ3v) is 24.7. The Kier molecular flexibility index (Phi) is 28.2. The Hall–Kier alpha value is -12.9. The summed E-state index contributed by atoms with van der Waals surface area (Å²) in [4.78, 5) is 108. The van der Waals surface area contributed by atoms with E-state index in [4.69, 9.17) is 20.8 Å². The molecule has 6 aliphatic rings. The van der Waals surface area contributed by atoms with Gasteiger partial charge in [0.2, 0.25) is 11.8 Å². The fraction of sp³-hybridized carbons (Fsp3) is 0.386. The average Bonchev–Trinajstić information content (AvgIpc) is 0.962. The van der Waals surface area contributed by atoms with Gasteiger partial charge in [-0.15, -0.1) is 0 Å². The first kappa shape index (κ1) is 85.3. The zero-order chi connectivity index (χ0) is 106. The molecule has 5 amide bonds. The zero-order valence-corrected chi connectivity index (χ0v) is 72.8. The summed E-state index contributed by atoms with van der Waals surface area (Å²) in [5, 5.41) is 35.0. The molecule has 3 saturated carbocycles. The van der Waals surface area contributed by atoms with Crippen LogP contribution in [-0.4, -0.2) is 124 Å². The summed E-state index contributed by atoms with van der Waals surface area (Å²) in [6, 6.07) is 37.6. The van der Waals surface area contributed by atoms with Gasteiger partial charge >= 0.3 is 36.4 Å². The van der Waals surface area contributed by atoms with Crippen LogP contribution in [0.2, 0.25) is 0 Å². The monoisotopic (exact) mass is 1880 g/mol. The lowest BCUT2D eigenvalue weighted by atomic mass is 9.83. The van der Waals surface area contributed by atoms with Crippen LogP contribution in [0, 0.1) is 55.8 Å². The Labute approximate surface area is 783 Å². The molecule has 0 unspecified atom stereocenters. The smallest absolute Gasteiger partial charge is 0.417 e. The first-order valence-electron chi connectivity index (χ1n) is 49.2. The molecule has 21 nitrogen and oxygen atoms in total. The molecule has 0 radical (unpaired) electrons. The van der Waals surface area contributed by atoms with Crippen molar-refractivity contribution in [3.05, 3.63) is 283 Å². The van der Waals surface area contributed by atoms with E-state index in [0.717, 1.165) is 156 Å². The highest BCUT2D eigenvalue weighted by molar-refractivity contribution is 6.01. The van der Waals surface area contributed by atoms with E-state index in [1.54, 1.807) is 60.7 Å². The van der Waals surface area contributed by atoms with Gasteiger partial charge in [-0.2, -0.15) is 39.5 Å². The number of rotatable bonds is 20. The topological polar surface area (TPSA) is 291 Å². The third-order valence-electron chi connectivity index (χ3n) is 24.7. The van der Waals surface area contributed by atoms with Gasteiger partial charge in [0.1, 0.15) is 17.5 Å². The summed E-state index contributed by atoms with van der Waals surface area (Å²) in [6.07, 6.45) is 0.285. The minimum absolute atomic E-state index is 0.0443. The molecule has 6 fully saturated rings. The molecule has 9 aromatic carbocycles. The number of carbonyl (C=O) groups is 8. The lowest BCUT2D eigenvalue weighted by molar-refractivity contribution is -0.145. The predicted molar refractivity (Wildman–Crippen MR) is 482 cm³/mol. The number of carboxylic acid groups (broad SMARTS) is 1. The van der Waals surface area contributed by atoms with Gasteiger partial charge in [0.15, 0.2) is 0 Å². The average molecular weight is 1880 g/mol. The normalized spacial score (nSPS) is 20.4. The largest absolute Gasteiger partial charge is 0.481 e. The second-order valence-corrected chi connectivity index (χ2v) is 33.5. The van der Waals surface area contributed by atoms with E-state index < -0.39 is 208 Å².